The minimum Gasteiger partial charge on any atom is -0.481 e. The number of aliphatic carboxylic acids is 1. The van der Waals surface area contributed by atoms with Crippen LogP contribution in [0.2, 0.25) is 0 Å². The third kappa shape index (κ3) is 6.60. The second-order valence-electron chi connectivity index (χ2n) is 8.84. The molecule has 0 spiro atoms. The summed E-state index contributed by atoms with van der Waals surface area (Å²) < 4.78 is 5.50. The molecule has 2 unspecified atom stereocenters. The van der Waals surface area contributed by atoms with E-state index in [9.17, 15) is 19.5 Å². The van der Waals surface area contributed by atoms with Gasteiger partial charge in [-0.1, -0.05) is 75.2 Å². The molecule has 1 aliphatic rings. The number of carbonyl (C=O) groups is 3. The molecule has 35 heavy (non-hydrogen) atoms. The van der Waals surface area contributed by atoms with E-state index in [4.69, 9.17) is 9.84 Å². The number of carbonyl (C=O) groups excluding carboxylic acids is 2. The molecule has 4 N–H and O–H groups in total. The van der Waals surface area contributed by atoms with Crippen LogP contribution in [0, 0.1) is 5.92 Å². The van der Waals surface area contributed by atoms with Crippen molar-refractivity contribution in [3.8, 4) is 11.1 Å². The second-order valence-corrected chi connectivity index (χ2v) is 8.84. The largest absolute Gasteiger partial charge is 0.481 e. The molecule has 8 nitrogen and oxygen atoms in total. The van der Waals surface area contributed by atoms with Gasteiger partial charge in [-0.2, -0.15) is 0 Å². The van der Waals surface area contributed by atoms with E-state index >= 15 is 0 Å². The summed E-state index contributed by atoms with van der Waals surface area (Å²) in [7, 11) is 0. The van der Waals surface area contributed by atoms with Crippen LogP contribution in [0.25, 0.3) is 11.1 Å². The van der Waals surface area contributed by atoms with Gasteiger partial charge in [0.2, 0.25) is 5.91 Å². The zero-order chi connectivity index (χ0) is 25.4. The molecular weight excluding hydrogens is 448 g/mol. The van der Waals surface area contributed by atoms with Crippen LogP contribution in [-0.2, 0) is 14.3 Å². The molecule has 2 amide bonds. The number of nitrogens with one attached hydrogen (secondary N) is 2. The highest BCUT2D eigenvalue weighted by Crippen LogP contribution is 2.44. The Balaban J connectivity index is 1.61. The molecule has 188 valence electrons. The number of aliphatic hydroxyl groups is 1. The molecule has 0 bridgehead atoms. The van der Waals surface area contributed by atoms with Gasteiger partial charge in [0.15, 0.2) is 0 Å². The van der Waals surface area contributed by atoms with Gasteiger partial charge in [-0.3, -0.25) is 9.59 Å². The number of carboxylic acids is 1. The van der Waals surface area contributed by atoms with Crippen LogP contribution in [0.5, 0.6) is 0 Å². The number of hydrogen-bond acceptors (Lipinski definition) is 5. The molecule has 0 saturated heterocycles. The molecule has 0 heterocycles. The number of hydrogen-bond donors (Lipinski definition) is 4. The third-order valence-corrected chi connectivity index (χ3v) is 6.68. The number of rotatable bonds is 12. The van der Waals surface area contributed by atoms with Gasteiger partial charge in [-0.25, -0.2) is 4.79 Å². The Hall–Kier alpha value is -3.39. The molecule has 0 fully saturated rings. The summed E-state index contributed by atoms with van der Waals surface area (Å²) in [6.45, 7) is 4.04. The molecule has 2 aromatic rings. The highest BCUT2D eigenvalue weighted by molar-refractivity contribution is 5.86. The van der Waals surface area contributed by atoms with Crippen molar-refractivity contribution in [2.24, 2.45) is 5.92 Å². The SMILES string of the molecule is CCC(CC)C(O)CNC(=O)C(CCC(=O)O)NC(=O)OCC1c2ccccc2-c2ccccc21. The molecule has 8 heteroatoms. The lowest BCUT2D eigenvalue weighted by Gasteiger charge is -2.23. The maximum Gasteiger partial charge on any atom is 0.407 e. The summed E-state index contributed by atoms with van der Waals surface area (Å²) >= 11 is 0. The Labute approximate surface area is 205 Å². The van der Waals surface area contributed by atoms with Crippen LogP contribution in [0.3, 0.4) is 0 Å². The number of amides is 2. The second kappa shape index (κ2) is 12.4. The minimum absolute atomic E-state index is 0.0289. The van der Waals surface area contributed by atoms with Crippen LogP contribution in [0.15, 0.2) is 48.5 Å². The minimum atomic E-state index is -1.09. The van der Waals surface area contributed by atoms with Crippen LogP contribution >= 0.6 is 0 Å². The molecule has 0 radical (unpaired) electrons. The molecule has 0 saturated carbocycles. The first kappa shape index (κ1) is 26.2. The number of ether oxygens (including phenoxy) is 1. The highest BCUT2D eigenvalue weighted by atomic mass is 16.5. The van der Waals surface area contributed by atoms with Gasteiger partial charge < -0.3 is 25.6 Å². The zero-order valence-electron chi connectivity index (χ0n) is 20.2. The molecule has 0 aliphatic heterocycles. The molecular formula is C27H34N2O6. The monoisotopic (exact) mass is 482 g/mol. The number of carboxylic acid groups (broad SMARTS) is 1. The lowest BCUT2D eigenvalue weighted by Crippen LogP contribution is -2.49. The third-order valence-electron chi connectivity index (χ3n) is 6.68. The molecule has 3 rings (SSSR count). The molecule has 2 aromatic carbocycles. The fourth-order valence-electron chi connectivity index (χ4n) is 4.65. The van der Waals surface area contributed by atoms with E-state index in [0.29, 0.717) is 0 Å². The average Bonchev–Trinajstić information content (AvgIpc) is 3.18. The number of alkyl carbamates (subject to hydrolysis) is 1. The number of fused-ring (bicyclic) bond motifs is 3. The Morgan fingerprint density at radius 3 is 2.09 bits per heavy atom. The van der Waals surface area contributed by atoms with E-state index < -0.39 is 30.1 Å². The summed E-state index contributed by atoms with van der Waals surface area (Å²) in [4.78, 5) is 36.4. The summed E-state index contributed by atoms with van der Waals surface area (Å²) in [6.07, 6.45) is -0.355. The van der Waals surface area contributed by atoms with Crippen LogP contribution in [0.1, 0.15) is 56.6 Å². The van der Waals surface area contributed by atoms with E-state index in [0.717, 1.165) is 35.1 Å². The van der Waals surface area contributed by atoms with Crippen molar-refractivity contribution in [1.29, 1.82) is 0 Å². The van der Waals surface area contributed by atoms with Gasteiger partial charge in [-0.15, -0.1) is 0 Å². The smallest absolute Gasteiger partial charge is 0.407 e. The van der Waals surface area contributed by atoms with Gasteiger partial charge in [0, 0.05) is 18.9 Å². The fraction of sp³-hybridized carbons (Fsp3) is 0.444. The predicted octanol–water partition coefficient (Wildman–Crippen LogP) is 3.67. The van der Waals surface area contributed by atoms with E-state index in [2.05, 4.69) is 10.6 Å². The van der Waals surface area contributed by atoms with E-state index in [-0.39, 0.29) is 37.8 Å². The maximum absolute atomic E-state index is 12.7. The predicted molar refractivity (Wildman–Crippen MR) is 132 cm³/mol. The molecule has 2 atom stereocenters. The standard InChI is InChI=1S/C27H34N2O6/c1-3-17(4-2)24(30)15-28-26(33)23(13-14-25(31)32)29-27(34)35-16-22-20-11-7-5-9-18(20)19-10-6-8-12-21(19)22/h5-12,17,22-24,30H,3-4,13-16H2,1-2H3,(H,28,33)(H,29,34)(H,31,32). The zero-order valence-corrected chi connectivity index (χ0v) is 20.2. The van der Waals surface area contributed by atoms with Gasteiger partial charge in [-0.05, 0) is 34.6 Å². The van der Waals surface area contributed by atoms with E-state index in [1.807, 2.05) is 62.4 Å². The number of aliphatic hydroxyl groups excluding tert-OH is 1. The van der Waals surface area contributed by atoms with Gasteiger partial charge in [0.25, 0.3) is 0 Å². The fourth-order valence-corrected chi connectivity index (χ4v) is 4.65. The lowest BCUT2D eigenvalue weighted by atomic mass is 9.96. The van der Waals surface area contributed by atoms with Crippen molar-refractivity contribution in [2.45, 2.75) is 57.6 Å². The van der Waals surface area contributed by atoms with Crippen molar-refractivity contribution in [1.82, 2.24) is 10.6 Å². The summed E-state index contributed by atoms with van der Waals surface area (Å²) in [5.74, 6) is -1.71. The average molecular weight is 483 g/mol. The first-order chi connectivity index (χ1) is 16.8. The molecule has 1 aliphatic carbocycles. The van der Waals surface area contributed by atoms with Crippen molar-refractivity contribution in [2.75, 3.05) is 13.2 Å². The van der Waals surface area contributed by atoms with Crippen LogP contribution < -0.4 is 10.6 Å². The Morgan fingerprint density at radius 2 is 1.54 bits per heavy atom. The van der Waals surface area contributed by atoms with Gasteiger partial charge in [0.1, 0.15) is 12.6 Å². The Morgan fingerprint density at radius 1 is 0.971 bits per heavy atom. The number of benzene rings is 2. The summed E-state index contributed by atoms with van der Waals surface area (Å²) in [6, 6.07) is 14.8. The summed E-state index contributed by atoms with van der Waals surface area (Å²) in [5, 5.41) is 24.5. The van der Waals surface area contributed by atoms with Gasteiger partial charge in [0.05, 0.1) is 6.10 Å². The Bertz CT molecular complexity index is 990. The Kier molecular flexibility index (Phi) is 9.25. The highest BCUT2D eigenvalue weighted by Gasteiger charge is 2.30. The molecule has 0 aromatic heterocycles. The normalized spacial score (nSPS) is 14.1. The summed E-state index contributed by atoms with van der Waals surface area (Å²) in [5.41, 5.74) is 4.34. The van der Waals surface area contributed by atoms with Crippen molar-refractivity contribution in [3.63, 3.8) is 0 Å². The maximum atomic E-state index is 12.7. The van der Waals surface area contributed by atoms with Crippen LogP contribution in [0.4, 0.5) is 4.79 Å². The topological polar surface area (TPSA) is 125 Å². The van der Waals surface area contributed by atoms with Crippen molar-refractivity contribution < 1.29 is 29.3 Å². The van der Waals surface area contributed by atoms with Crippen molar-refractivity contribution in [3.05, 3.63) is 59.7 Å². The van der Waals surface area contributed by atoms with Gasteiger partial charge >= 0.3 is 12.1 Å². The quantitative estimate of drug-likeness (QED) is 0.366. The van der Waals surface area contributed by atoms with E-state index in [1.165, 1.54) is 0 Å². The lowest BCUT2D eigenvalue weighted by molar-refractivity contribution is -0.137. The first-order valence-corrected chi connectivity index (χ1v) is 12.1. The van der Waals surface area contributed by atoms with Crippen molar-refractivity contribution >= 4 is 18.0 Å². The van der Waals surface area contributed by atoms with E-state index in [1.54, 1.807) is 0 Å². The first-order valence-electron chi connectivity index (χ1n) is 12.1. The van der Waals surface area contributed by atoms with Crippen LogP contribution in [-0.4, -0.2) is 53.5 Å².